The van der Waals surface area contributed by atoms with Crippen molar-refractivity contribution in [1.29, 1.82) is 0 Å². The van der Waals surface area contributed by atoms with E-state index < -0.39 is 30.4 Å². The fourth-order valence-corrected chi connectivity index (χ4v) is 4.54. The number of carboxylic acid groups (broad SMARTS) is 1. The second-order valence-electron chi connectivity index (χ2n) is 9.94. The summed E-state index contributed by atoms with van der Waals surface area (Å²) in [4.78, 5) is 26.1. The topological polar surface area (TPSA) is 125 Å². The summed E-state index contributed by atoms with van der Waals surface area (Å²) in [6, 6.07) is 13.2. The van der Waals surface area contributed by atoms with Crippen LogP contribution >= 0.6 is 0 Å². The minimum absolute atomic E-state index is 0.0929. The Morgan fingerprint density at radius 1 is 1.05 bits per heavy atom. The van der Waals surface area contributed by atoms with Gasteiger partial charge in [0.1, 0.15) is 11.6 Å². The van der Waals surface area contributed by atoms with Gasteiger partial charge in [-0.05, 0) is 67.1 Å². The van der Waals surface area contributed by atoms with Gasteiger partial charge in [-0.2, -0.15) is 5.10 Å². The summed E-state index contributed by atoms with van der Waals surface area (Å²) in [7, 11) is 3.28. The molecule has 0 aliphatic heterocycles. The highest BCUT2D eigenvalue weighted by Gasteiger charge is 2.28. The summed E-state index contributed by atoms with van der Waals surface area (Å²) in [6.45, 7) is 4.24. The van der Waals surface area contributed by atoms with E-state index in [9.17, 15) is 24.2 Å². The zero-order chi connectivity index (χ0) is 28.7. The Hall–Kier alpha value is -3.76. The highest BCUT2D eigenvalue weighted by molar-refractivity contribution is 5.94. The lowest BCUT2D eigenvalue weighted by molar-refractivity contribution is -0.139. The number of carbonyl (C=O) groups is 2. The number of benzene rings is 2. The van der Waals surface area contributed by atoms with Gasteiger partial charge in [-0.15, -0.1) is 0 Å². The van der Waals surface area contributed by atoms with Crippen LogP contribution in [0.15, 0.2) is 48.5 Å². The van der Waals surface area contributed by atoms with Crippen LogP contribution in [-0.2, 0) is 17.8 Å². The fraction of sp³-hybridized carbons (Fsp3) is 0.414. The van der Waals surface area contributed by atoms with Crippen molar-refractivity contribution in [2.75, 3.05) is 14.2 Å². The summed E-state index contributed by atoms with van der Waals surface area (Å²) in [6.07, 6.45) is -2.18. The second-order valence-corrected chi connectivity index (χ2v) is 9.94. The van der Waals surface area contributed by atoms with Crippen LogP contribution in [0.2, 0.25) is 0 Å². The molecule has 1 amide bonds. The number of aliphatic hydroxyl groups is 2. The highest BCUT2D eigenvalue weighted by atomic mass is 19.1. The number of carboxylic acids is 1. The SMILES string of the molecule is COc1ccc(CN(C)C(=O)c2nn(-c3ccc(F)cc3)c(CCC(O)CC(O)CC(=O)O)c2C(C)C)cc1. The standard InChI is InChI=1S/C29H36FN3O6/c1-18(2)27-25(14-11-22(34)15-23(35)16-26(36)37)33(21-9-7-20(30)8-10-21)31-28(27)29(38)32(3)17-19-5-12-24(39-4)13-6-19/h5-10,12-13,18,22-23,34-35H,11,14-17H2,1-4H3,(H,36,37). The van der Waals surface area contributed by atoms with Gasteiger partial charge in [0.2, 0.25) is 0 Å². The minimum Gasteiger partial charge on any atom is -0.497 e. The van der Waals surface area contributed by atoms with Crippen molar-refractivity contribution in [3.05, 3.63) is 76.9 Å². The van der Waals surface area contributed by atoms with Crippen LogP contribution in [0.4, 0.5) is 4.39 Å². The van der Waals surface area contributed by atoms with Crippen LogP contribution in [0.1, 0.15) is 66.3 Å². The first-order chi connectivity index (χ1) is 18.5. The molecule has 0 radical (unpaired) electrons. The van der Waals surface area contributed by atoms with Gasteiger partial charge in [0.25, 0.3) is 5.91 Å². The van der Waals surface area contributed by atoms with Crippen molar-refractivity contribution in [3.63, 3.8) is 0 Å². The third-order valence-electron chi connectivity index (χ3n) is 6.47. The monoisotopic (exact) mass is 541 g/mol. The van der Waals surface area contributed by atoms with Gasteiger partial charge < -0.3 is 25.0 Å². The van der Waals surface area contributed by atoms with Gasteiger partial charge in [0.15, 0.2) is 5.69 Å². The summed E-state index contributed by atoms with van der Waals surface area (Å²) < 4.78 is 20.5. The van der Waals surface area contributed by atoms with Gasteiger partial charge in [0.05, 0.1) is 31.4 Å². The maximum absolute atomic E-state index is 13.7. The molecule has 2 atom stereocenters. The number of aliphatic hydroxyl groups excluding tert-OH is 2. The van der Waals surface area contributed by atoms with Crippen LogP contribution in [0.3, 0.4) is 0 Å². The number of hydrogen-bond donors (Lipinski definition) is 3. The van der Waals surface area contributed by atoms with E-state index in [1.807, 2.05) is 38.1 Å². The van der Waals surface area contributed by atoms with Gasteiger partial charge in [0, 0.05) is 24.8 Å². The molecule has 2 aromatic carbocycles. The van der Waals surface area contributed by atoms with Crippen molar-refractivity contribution in [1.82, 2.24) is 14.7 Å². The average molecular weight is 542 g/mol. The third-order valence-corrected chi connectivity index (χ3v) is 6.47. The summed E-state index contributed by atoms with van der Waals surface area (Å²) in [5.74, 6) is -1.22. The van der Waals surface area contributed by atoms with Gasteiger partial charge in [-0.25, -0.2) is 9.07 Å². The Morgan fingerprint density at radius 3 is 2.26 bits per heavy atom. The number of amides is 1. The predicted octanol–water partition coefficient (Wildman–Crippen LogP) is 3.93. The smallest absolute Gasteiger partial charge is 0.305 e. The molecule has 1 heterocycles. The zero-order valence-corrected chi connectivity index (χ0v) is 22.7. The molecule has 3 N–H and O–H groups in total. The summed E-state index contributed by atoms with van der Waals surface area (Å²) in [5, 5.41) is 34.0. The summed E-state index contributed by atoms with van der Waals surface area (Å²) >= 11 is 0. The quantitative estimate of drug-likeness (QED) is 0.299. The molecule has 0 fully saturated rings. The number of rotatable bonds is 13. The van der Waals surface area contributed by atoms with E-state index in [0.29, 0.717) is 29.9 Å². The van der Waals surface area contributed by atoms with Crippen LogP contribution in [0.5, 0.6) is 5.75 Å². The molecule has 3 rings (SSSR count). The normalized spacial score (nSPS) is 12.8. The molecule has 210 valence electrons. The number of nitrogens with zero attached hydrogens (tertiary/aromatic N) is 3. The van der Waals surface area contributed by atoms with E-state index in [0.717, 1.165) is 11.3 Å². The molecule has 10 heteroatoms. The lowest BCUT2D eigenvalue weighted by Crippen LogP contribution is -2.27. The molecule has 0 bridgehead atoms. The largest absolute Gasteiger partial charge is 0.497 e. The van der Waals surface area contributed by atoms with E-state index in [1.165, 1.54) is 12.1 Å². The van der Waals surface area contributed by atoms with E-state index in [1.54, 1.807) is 35.9 Å². The van der Waals surface area contributed by atoms with Crippen LogP contribution in [-0.4, -0.2) is 68.2 Å². The van der Waals surface area contributed by atoms with Crippen molar-refractivity contribution >= 4 is 11.9 Å². The first kappa shape index (κ1) is 29.8. The Balaban J connectivity index is 1.93. The van der Waals surface area contributed by atoms with Crippen molar-refractivity contribution < 1.29 is 34.0 Å². The predicted molar refractivity (Wildman–Crippen MR) is 144 cm³/mol. The van der Waals surface area contributed by atoms with E-state index in [-0.39, 0.29) is 30.4 Å². The Bertz CT molecular complexity index is 1260. The number of halogens is 1. The van der Waals surface area contributed by atoms with Crippen molar-refractivity contribution in [2.45, 2.75) is 64.2 Å². The number of ether oxygens (including phenoxy) is 1. The number of aliphatic carboxylic acids is 1. The third kappa shape index (κ3) is 7.87. The van der Waals surface area contributed by atoms with Crippen LogP contribution in [0.25, 0.3) is 5.69 Å². The Morgan fingerprint density at radius 2 is 1.69 bits per heavy atom. The lowest BCUT2D eigenvalue weighted by Gasteiger charge is -2.18. The van der Waals surface area contributed by atoms with E-state index >= 15 is 0 Å². The summed E-state index contributed by atoms with van der Waals surface area (Å²) in [5.41, 5.74) is 3.14. The fourth-order valence-electron chi connectivity index (χ4n) is 4.54. The molecule has 0 spiro atoms. The molecule has 39 heavy (non-hydrogen) atoms. The second kappa shape index (κ2) is 13.3. The molecule has 1 aromatic heterocycles. The number of hydrogen-bond acceptors (Lipinski definition) is 6. The zero-order valence-electron chi connectivity index (χ0n) is 22.7. The molecule has 0 saturated carbocycles. The van der Waals surface area contributed by atoms with Crippen LogP contribution < -0.4 is 4.74 Å². The highest BCUT2D eigenvalue weighted by Crippen LogP contribution is 2.29. The molecular weight excluding hydrogens is 505 g/mol. The van der Waals surface area contributed by atoms with Gasteiger partial charge in [-0.1, -0.05) is 26.0 Å². The Kier molecular flexibility index (Phi) is 10.2. The van der Waals surface area contributed by atoms with Gasteiger partial charge >= 0.3 is 5.97 Å². The molecular formula is C29H36FN3O6. The van der Waals surface area contributed by atoms with E-state index in [2.05, 4.69) is 5.10 Å². The van der Waals surface area contributed by atoms with Crippen LogP contribution in [0, 0.1) is 5.82 Å². The van der Waals surface area contributed by atoms with Crippen molar-refractivity contribution in [2.24, 2.45) is 0 Å². The van der Waals surface area contributed by atoms with Crippen molar-refractivity contribution in [3.8, 4) is 11.4 Å². The van der Waals surface area contributed by atoms with Gasteiger partial charge in [-0.3, -0.25) is 9.59 Å². The maximum atomic E-state index is 13.7. The minimum atomic E-state index is -1.17. The number of carbonyl (C=O) groups excluding carboxylic acids is 1. The van der Waals surface area contributed by atoms with E-state index in [4.69, 9.17) is 9.84 Å². The number of methoxy groups -OCH3 is 1. The molecule has 2 unspecified atom stereocenters. The average Bonchev–Trinajstić information content (AvgIpc) is 3.27. The molecule has 0 saturated heterocycles. The Labute approximate surface area is 227 Å². The molecule has 0 aliphatic carbocycles. The molecule has 9 nitrogen and oxygen atoms in total. The molecule has 0 aliphatic rings. The lowest BCUT2D eigenvalue weighted by atomic mass is 9.95. The number of aromatic nitrogens is 2. The first-order valence-electron chi connectivity index (χ1n) is 12.8. The molecule has 3 aromatic rings. The first-order valence-corrected chi connectivity index (χ1v) is 12.8. The maximum Gasteiger partial charge on any atom is 0.305 e.